The Balaban J connectivity index is 0.00000117. The number of allylic oxidation sites excluding steroid dienone is 1. The predicted octanol–water partition coefficient (Wildman–Crippen LogP) is 5.60. The second-order valence-corrected chi connectivity index (χ2v) is 6.50. The summed E-state index contributed by atoms with van der Waals surface area (Å²) in [7, 11) is 0. The molecule has 1 aromatic rings. The molecule has 1 saturated heterocycles. The summed E-state index contributed by atoms with van der Waals surface area (Å²) in [6, 6.07) is 2.32. The fourth-order valence-corrected chi connectivity index (χ4v) is 3.05. The van der Waals surface area contributed by atoms with E-state index in [0.717, 1.165) is 31.7 Å². The van der Waals surface area contributed by atoms with Crippen molar-refractivity contribution in [3.8, 4) is 5.75 Å². The number of carbonyl (C=O) groups excluding carboxylic acids is 2. The van der Waals surface area contributed by atoms with Crippen molar-refractivity contribution in [1.82, 2.24) is 0 Å². The topological polar surface area (TPSA) is 55.8 Å². The van der Waals surface area contributed by atoms with E-state index in [4.69, 9.17) is 21.1 Å². The molecule has 2 aliphatic rings. The molecule has 0 radical (unpaired) electrons. The Morgan fingerprint density at radius 1 is 1.23 bits per heavy atom. The summed E-state index contributed by atoms with van der Waals surface area (Å²) in [5.41, 5.74) is 0.311. The minimum Gasteiger partial charge on any atom is -0.489 e. The Morgan fingerprint density at radius 3 is 2.38 bits per heavy atom. The van der Waals surface area contributed by atoms with Crippen molar-refractivity contribution in [2.45, 2.75) is 59.5 Å². The van der Waals surface area contributed by atoms with Gasteiger partial charge in [-0.2, -0.15) is 0 Å². The molecule has 0 bridgehead atoms. The van der Waals surface area contributed by atoms with E-state index in [2.05, 4.69) is 0 Å². The van der Waals surface area contributed by atoms with Crippen molar-refractivity contribution >= 4 is 29.3 Å². The zero-order valence-corrected chi connectivity index (χ0v) is 16.2. The van der Waals surface area contributed by atoms with Gasteiger partial charge in [0, 0.05) is 6.07 Å². The normalized spacial score (nSPS) is 17.2. The van der Waals surface area contributed by atoms with Gasteiger partial charge in [-0.3, -0.25) is 4.79 Å². The molecule has 1 aliphatic heterocycles. The van der Waals surface area contributed by atoms with E-state index in [1.807, 2.05) is 13.8 Å². The second-order valence-electron chi connectivity index (χ2n) is 6.10. The second kappa shape index (κ2) is 8.54. The van der Waals surface area contributed by atoms with Crippen LogP contribution in [-0.4, -0.2) is 18.1 Å². The maximum Gasteiger partial charge on any atom is 0.427 e. The van der Waals surface area contributed by atoms with Gasteiger partial charge in [0.25, 0.3) is 0 Å². The van der Waals surface area contributed by atoms with Crippen LogP contribution in [0.5, 0.6) is 5.75 Å². The first kappa shape index (κ1) is 20.2. The molecular weight excluding hydrogens is 361 g/mol. The maximum absolute atomic E-state index is 14.3. The van der Waals surface area contributed by atoms with Crippen molar-refractivity contribution < 1.29 is 23.5 Å². The molecule has 2 amide bonds. The standard InChI is InChI=1S/C17H17ClFNO4.C2H6/c1-9(2)15-16(21)20(17(22)24-15)13-8-14(11(18)7-12(13)19)23-10-5-3-4-6-10;1-2/h7-8,10H,3-6H2,1-2H3;1-2H3. The molecular formula is C19H23ClFNO4. The third-order valence-corrected chi connectivity index (χ3v) is 4.36. The number of imide groups is 1. The average Bonchev–Trinajstić information content (AvgIpc) is 3.20. The Labute approximate surface area is 157 Å². The number of rotatable bonds is 3. The molecule has 1 aliphatic carbocycles. The number of cyclic esters (lactones) is 1. The van der Waals surface area contributed by atoms with Crippen LogP contribution in [0.15, 0.2) is 23.5 Å². The van der Waals surface area contributed by atoms with E-state index >= 15 is 0 Å². The van der Waals surface area contributed by atoms with Crippen LogP contribution in [0, 0.1) is 5.82 Å². The van der Waals surface area contributed by atoms with Crippen LogP contribution in [0.3, 0.4) is 0 Å². The number of anilines is 1. The highest BCUT2D eigenvalue weighted by atomic mass is 35.5. The largest absolute Gasteiger partial charge is 0.489 e. The van der Waals surface area contributed by atoms with Gasteiger partial charge >= 0.3 is 12.0 Å². The molecule has 3 rings (SSSR count). The number of carbonyl (C=O) groups is 2. The van der Waals surface area contributed by atoms with Crippen molar-refractivity contribution in [2.24, 2.45) is 0 Å². The number of hydrogen-bond donors (Lipinski definition) is 0. The van der Waals surface area contributed by atoms with Gasteiger partial charge in [0.05, 0.1) is 16.8 Å². The van der Waals surface area contributed by atoms with E-state index in [9.17, 15) is 14.0 Å². The van der Waals surface area contributed by atoms with Gasteiger partial charge in [0.15, 0.2) is 5.76 Å². The molecule has 0 unspecified atom stereocenters. The quantitative estimate of drug-likeness (QED) is 0.637. The smallest absolute Gasteiger partial charge is 0.427 e. The van der Waals surface area contributed by atoms with Gasteiger partial charge in [0.1, 0.15) is 11.6 Å². The van der Waals surface area contributed by atoms with E-state index in [-0.39, 0.29) is 28.3 Å². The van der Waals surface area contributed by atoms with Crippen molar-refractivity contribution in [3.05, 3.63) is 34.3 Å². The Hall–Kier alpha value is -2.08. The fourth-order valence-electron chi connectivity index (χ4n) is 2.85. The minimum absolute atomic E-state index is 0.00962. The molecule has 1 saturated carbocycles. The minimum atomic E-state index is -0.941. The zero-order valence-electron chi connectivity index (χ0n) is 15.4. The van der Waals surface area contributed by atoms with E-state index < -0.39 is 17.8 Å². The van der Waals surface area contributed by atoms with Crippen LogP contribution < -0.4 is 9.64 Å². The molecule has 0 atom stereocenters. The maximum atomic E-state index is 14.3. The number of benzene rings is 1. The van der Waals surface area contributed by atoms with E-state index in [0.29, 0.717) is 10.5 Å². The van der Waals surface area contributed by atoms with Crippen molar-refractivity contribution in [3.63, 3.8) is 0 Å². The lowest BCUT2D eigenvalue weighted by Gasteiger charge is -2.18. The summed E-state index contributed by atoms with van der Waals surface area (Å²) in [4.78, 5) is 25.0. The van der Waals surface area contributed by atoms with Crippen LogP contribution in [0.2, 0.25) is 5.02 Å². The highest BCUT2D eigenvalue weighted by molar-refractivity contribution is 6.32. The van der Waals surface area contributed by atoms with Gasteiger partial charge in [0.2, 0.25) is 0 Å². The summed E-state index contributed by atoms with van der Waals surface area (Å²) in [6.07, 6.45) is 3.00. The number of hydrogen-bond acceptors (Lipinski definition) is 4. The van der Waals surface area contributed by atoms with Gasteiger partial charge in [-0.15, -0.1) is 0 Å². The first-order valence-corrected chi connectivity index (χ1v) is 9.15. The summed E-state index contributed by atoms with van der Waals surface area (Å²) in [6.45, 7) is 7.27. The highest BCUT2D eigenvalue weighted by Crippen LogP contribution is 2.37. The molecule has 5 nitrogen and oxygen atoms in total. The predicted molar refractivity (Wildman–Crippen MR) is 98.0 cm³/mol. The Bertz CT molecular complexity index is 737. The molecule has 0 spiro atoms. The first-order chi connectivity index (χ1) is 12.4. The van der Waals surface area contributed by atoms with Crippen LogP contribution in [0.25, 0.3) is 0 Å². The highest BCUT2D eigenvalue weighted by Gasteiger charge is 2.40. The van der Waals surface area contributed by atoms with Crippen LogP contribution in [-0.2, 0) is 9.53 Å². The van der Waals surface area contributed by atoms with E-state index in [1.54, 1.807) is 13.8 Å². The molecule has 0 aromatic heterocycles. The van der Waals surface area contributed by atoms with Crippen LogP contribution in [0.4, 0.5) is 14.9 Å². The SMILES string of the molecule is CC.CC(C)=C1OC(=O)N(c2cc(OC3CCCC3)c(Cl)cc2F)C1=O. The molecule has 1 heterocycles. The fraction of sp³-hybridized carbons (Fsp3) is 0.474. The van der Waals surface area contributed by atoms with Gasteiger partial charge in [-0.25, -0.2) is 14.1 Å². The first-order valence-electron chi connectivity index (χ1n) is 8.78. The zero-order chi connectivity index (χ0) is 19.4. The number of nitrogens with zero attached hydrogens (tertiary/aromatic N) is 1. The van der Waals surface area contributed by atoms with Gasteiger partial charge in [-0.05, 0) is 51.2 Å². The monoisotopic (exact) mass is 383 g/mol. The molecule has 0 N–H and O–H groups in total. The van der Waals surface area contributed by atoms with Crippen LogP contribution in [0.1, 0.15) is 53.4 Å². The number of halogens is 2. The average molecular weight is 384 g/mol. The summed E-state index contributed by atoms with van der Waals surface area (Å²) >= 11 is 6.04. The molecule has 2 fully saturated rings. The summed E-state index contributed by atoms with van der Waals surface area (Å²) < 4.78 is 25.1. The number of amides is 2. The lowest BCUT2D eigenvalue weighted by molar-refractivity contribution is -0.114. The summed E-state index contributed by atoms with van der Waals surface area (Å²) in [5, 5.41) is 0.102. The molecule has 26 heavy (non-hydrogen) atoms. The van der Waals surface area contributed by atoms with Crippen LogP contribution >= 0.6 is 11.6 Å². The Morgan fingerprint density at radius 2 is 1.85 bits per heavy atom. The molecule has 7 heteroatoms. The third kappa shape index (κ3) is 4.01. The van der Waals surface area contributed by atoms with Crippen molar-refractivity contribution in [2.75, 3.05) is 4.90 Å². The van der Waals surface area contributed by atoms with E-state index in [1.165, 1.54) is 6.07 Å². The van der Waals surface area contributed by atoms with Crippen molar-refractivity contribution in [1.29, 1.82) is 0 Å². The lowest BCUT2D eigenvalue weighted by Crippen LogP contribution is -2.29. The molecule has 1 aromatic carbocycles. The third-order valence-electron chi connectivity index (χ3n) is 4.06. The van der Waals surface area contributed by atoms with Gasteiger partial charge in [-0.1, -0.05) is 25.4 Å². The number of ether oxygens (including phenoxy) is 2. The van der Waals surface area contributed by atoms with Gasteiger partial charge < -0.3 is 9.47 Å². The summed E-state index contributed by atoms with van der Waals surface area (Å²) in [5.74, 6) is -1.33. The Kier molecular flexibility index (Phi) is 6.64. The molecule has 142 valence electrons. The lowest BCUT2D eigenvalue weighted by atomic mass is 10.2.